The summed E-state index contributed by atoms with van der Waals surface area (Å²) in [4.78, 5) is 13.2. The number of anilines is 2. The zero-order valence-electron chi connectivity index (χ0n) is 18.2. The number of nitrogens with zero attached hydrogens (tertiary/aromatic N) is 1. The number of ether oxygens (including phenoxy) is 1. The van der Waals surface area contributed by atoms with Crippen molar-refractivity contribution in [3.8, 4) is 5.75 Å². The van der Waals surface area contributed by atoms with Gasteiger partial charge in [-0.3, -0.25) is 9.10 Å². The summed E-state index contributed by atoms with van der Waals surface area (Å²) in [5.74, 6) is -0.0622. The first-order valence-electron chi connectivity index (χ1n) is 10.5. The molecule has 0 bridgehead atoms. The highest BCUT2D eigenvalue weighted by molar-refractivity contribution is 7.97. The summed E-state index contributed by atoms with van der Waals surface area (Å²) in [5.41, 5.74) is 2.46. The molecule has 3 aromatic rings. The zero-order chi connectivity index (χ0) is 23.6. The lowest BCUT2D eigenvalue weighted by Gasteiger charge is -2.33. The fraction of sp³-hybridized carbons (Fsp3) is 0.160. The van der Waals surface area contributed by atoms with Crippen LogP contribution in [0.5, 0.6) is 5.75 Å². The van der Waals surface area contributed by atoms with Crippen molar-refractivity contribution in [3.05, 3.63) is 93.9 Å². The number of carbonyl (C=O) groups excluding carboxylic acids is 1. The third-order valence-electron chi connectivity index (χ3n) is 5.25. The number of halogens is 1. The molecule has 6 nitrogen and oxygen atoms in total. The Morgan fingerprint density at radius 2 is 1.70 bits per heavy atom. The smallest absolute Gasteiger partial charge is 0.270 e. The second kappa shape index (κ2) is 9.29. The molecular weight excluding hydrogens is 460 g/mol. The fourth-order valence-electron chi connectivity index (χ4n) is 3.87. The van der Waals surface area contributed by atoms with Gasteiger partial charge < -0.3 is 10.1 Å². The number of carbonyl (C=O) groups is 1. The van der Waals surface area contributed by atoms with Crippen LogP contribution < -0.4 is 14.4 Å². The minimum atomic E-state index is -4.14. The van der Waals surface area contributed by atoms with Crippen molar-refractivity contribution in [2.45, 2.75) is 13.8 Å². The molecule has 8 heteroatoms. The first kappa shape index (κ1) is 22.9. The Balaban J connectivity index is 1.91. The maximum Gasteiger partial charge on any atom is 0.270 e. The molecule has 0 atom stereocenters. The molecule has 0 aromatic heterocycles. The monoisotopic (exact) mass is 482 g/mol. The molecule has 4 rings (SSSR count). The second-order valence-corrected chi connectivity index (χ2v) is 9.55. The Morgan fingerprint density at radius 3 is 2.33 bits per heavy atom. The zero-order valence-corrected chi connectivity index (χ0v) is 19.8. The molecule has 1 aliphatic heterocycles. The van der Waals surface area contributed by atoms with Crippen molar-refractivity contribution < 1.29 is 17.9 Å². The van der Waals surface area contributed by atoms with E-state index in [1.807, 2.05) is 13.0 Å². The molecule has 3 aromatic carbocycles. The van der Waals surface area contributed by atoms with Gasteiger partial charge >= 0.3 is 0 Å². The van der Waals surface area contributed by atoms with E-state index in [2.05, 4.69) is 5.32 Å². The molecule has 1 aliphatic rings. The summed E-state index contributed by atoms with van der Waals surface area (Å²) in [6.07, 6.45) is 0. The molecule has 0 fully saturated rings. The lowest BCUT2D eigenvalue weighted by Crippen LogP contribution is -2.39. The Hall–Kier alpha value is -3.29. The first-order chi connectivity index (χ1) is 15.9. The van der Waals surface area contributed by atoms with Gasteiger partial charge in [-0.1, -0.05) is 41.9 Å². The SMILES string of the molecule is CCOc1ccc(NC(=O)C2=C(c3ccccc3)c3cc(Cl)ccc3N(CC)S2(=O)=O)cc1. The van der Waals surface area contributed by atoms with Crippen LogP contribution in [-0.4, -0.2) is 27.5 Å². The molecule has 0 radical (unpaired) electrons. The average Bonchev–Trinajstić information content (AvgIpc) is 2.80. The van der Waals surface area contributed by atoms with Gasteiger partial charge in [0.05, 0.1) is 12.3 Å². The van der Waals surface area contributed by atoms with Gasteiger partial charge in [-0.05, 0) is 61.9 Å². The number of hydrogen-bond donors (Lipinski definition) is 1. The van der Waals surface area contributed by atoms with Crippen LogP contribution in [0.3, 0.4) is 0 Å². The largest absolute Gasteiger partial charge is 0.494 e. The van der Waals surface area contributed by atoms with E-state index in [-0.39, 0.29) is 11.4 Å². The van der Waals surface area contributed by atoms with Crippen molar-refractivity contribution >= 4 is 44.5 Å². The molecule has 0 spiro atoms. The van der Waals surface area contributed by atoms with Gasteiger partial charge in [-0.2, -0.15) is 0 Å². The molecular formula is C25H23ClN2O4S. The summed E-state index contributed by atoms with van der Waals surface area (Å²) in [6, 6.07) is 20.8. The van der Waals surface area contributed by atoms with E-state index in [9.17, 15) is 13.2 Å². The third kappa shape index (κ3) is 4.34. The standard InChI is InChI=1S/C25H23ClN2O4S/c1-3-28-22-15-10-18(26)16-21(22)23(17-8-6-5-7-9-17)24(33(28,30)31)25(29)27-19-11-13-20(14-12-19)32-4-2/h5-16H,3-4H2,1-2H3,(H,27,29). The van der Waals surface area contributed by atoms with Crippen LogP contribution in [0.15, 0.2) is 77.7 Å². The number of fused-ring (bicyclic) bond motifs is 1. The summed E-state index contributed by atoms with van der Waals surface area (Å²) in [5, 5.41) is 3.18. The van der Waals surface area contributed by atoms with Crippen molar-refractivity contribution in [3.63, 3.8) is 0 Å². The van der Waals surface area contributed by atoms with E-state index < -0.39 is 15.9 Å². The third-order valence-corrected chi connectivity index (χ3v) is 7.43. The Morgan fingerprint density at radius 1 is 1.00 bits per heavy atom. The lowest BCUT2D eigenvalue weighted by atomic mass is 9.95. The van der Waals surface area contributed by atoms with Crippen LogP contribution in [-0.2, 0) is 14.8 Å². The normalized spacial score (nSPS) is 14.6. The summed E-state index contributed by atoms with van der Waals surface area (Å²) in [6.45, 7) is 4.29. The minimum absolute atomic E-state index is 0.166. The van der Waals surface area contributed by atoms with Crippen LogP contribution in [0.2, 0.25) is 5.02 Å². The number of benzene rings is 3. The van der Waals surface area contributed by atoms with Crippen LogP contribution in [0.1, 0.15) is 25.0 Å². The topological polar surface area (TPSA) is 75.7 Å². The van der Waals surface area contributed by atoms with E-state index in [1.165, 1.54) is 4.31 Å². The maximum atomic E-state index is 13.7. The number of sulfonamides is 1. The van der Waals surface area contributed by atoms with E-state index in [1.54, 1.807) is 73.7 Å². The van der Waals surface area contributed by atoms with Gasteiger partial charge in [0, 0.05) is 28.4 Å². The summed E-state index contributed by atoms with van der Waals surface area (Å²) >= 11 is 6.29. The molecule has 1 heterocycles. The molecule has 170 valence electrons. The van der Waals surface area contributed by atoms with Crippen molar-refractivity contribution in [2.75, 3.05) is 22.8 Å². The van der Waals surface area contributed by atoms with Gasteiger partial charge in [0.2, 0.25) is 0 Å². The number of rotatable bonds is 6. The number of hydrogen-bond acceptors (Lipinski definition) is 4. The van der Waals surface area contributed by atoms with Gasteiger partial charge in [-0.25, -0.2) is 8.42 Å². The second-order valence-electron chi connectivity index (χ2n) is 7.31. The van der Waals surface area contributed by atoms with Gasteiger partial charge in [0.15, 0.2) is 4.91 Å². The van der Waals surface area contributed by atoms with E-state index in [0.29, 0.717) is 45.5 Å². The van der Waals surface area contributed by atoms with E-state index in [0.717, 1.165) is 0 Å². The highest BCUT2D eigenvalue weighted by atomic mass is 35.5. The predicted molar refractivity (Wildman–Crippen MR) is 132 cm³/mol. The molecule has 0 aliphatic carbocycles. The van der Waals surface area contributed by atoms with Gasteiger partial charge in [0.1, 0.15) is 5.75 Å². The van der Waals surface area contributed by atoms with Crippen molar-refractivity contribution in [2.24, 2.45) is 0 Å². The Bertz CT molecular complexity index is 1320. The number of amides is 1. The predicted octanol–water partition coefficient (Wildman–Crippen LogP) is 5.31. The van der Waals surface area contributed by atoms with Crippen molar-refractivity contribution in [1.82, 2.24) is 0 Å². The Kier molecular flexibility index (Phi) is 6.44. The molecule has 1 N–H and O–H groups in total. The van der Waals surface area contributed by atoms with E-state index >= 15 is 0 Å². The highest BCUT2D eigenvalue weighted by Gasteiger charge is 2.40. The van der Waals surface area contributed by atoms with Crippen LogP contribution in [0, 0.1) is 0 Å². The summed E-state index contributed by atoms with van der Waals surface area (Å²) in [7, 11) is -4.14. The van der Waals surface area contributed by atoms with Gasteiger partial charge in [0.25, 0.3) is 15.9 Å². The first-order valence-corrected chi connectivity index (χ1v) is 12.3. The van der Waals surface area contributed by atoms with Crippen LogP contribution in [0.25, 0.3) is 5.57 Å². The molecule has 0 saturated carbocycles. The Labute approximate surface area is 198 Å². The van der Waals surface area contributed by atoms with E-state index in [4.69, 9.17) is 16.3 Å². The quantitative estimate of drug-likeness (QED) is 0.516. The summed E-state index contributed by atoms with van der Waals surface area (Å²) < 4.78 is 34.1. The fourth-order valence-corrected chi connectivity index (χ4v) is 5.79. The molecule has 0 saturated heterocycles. The number of nitrogens with one attached hydrogen (secondary N) is 1. The van der Waals surface area contributed by atoms with Crippen LogP contribution in [0.4, 0.5) is 11.4 Å². The molecule has 0 unspecified atom stereocenters. The van der Waals surface area contributed by atoms with Crippen LogP contribution >= 0.6 is 11.6 Å². The average molecular weight is 483 g/mol. The highest BCUT2D eigenvalue weighted by Crippen LogP contribution is 2.44. The molecule has 33 heavy (non-hydrogen) atoms. The molecule has 1 amide bonds. The van der Waals surface area contributed by atoms with Gasteiger partial charge in [-0.15, -0.1) is 0 Å². The minimum Gasteiger partial charge on any atom is -0.494 e. The maximum absolute atomic E-state index is 13.7. The lowest BCUT2D eigenvalue weighted by molar-refractivity contribution is -0.112. The van der Waals surface area contributed by atoms with Crippen molar-refractivity contribution in [1.29, 1.82) is 0 Å².